The average Bonchev–Trinajstić information content (AvgIpc) is 2.76. The first kappa shape index (κ1) is 15.2. The van der Waals surface area contributed by atoms with E-state index in [9.17, 15) is 9.59 Å². The molecule has 7 nitrogen and oxygen atoms in total. The molecule has 0 saturated carbocycles. The van der Waals surface area contributed by atoms with Crippen molar-refractivity contribution in [3.8, 4) is 0 Å². The maximum Gasteiger partial charge on any atom is 0.244 e. The Bertz CT molecular complexity index is 455. The summed E-state index contributed by atoms with van der Waals surface area (Å²) in [7, 11) is 8.44. The molecule has 1 rings (SSSR count). The highest BCUT2D eigenvalue weighted by atomic mass is 16.2. The third-order valence-electron chi connectivity index (χ3n) is 2.84. The number of amides is 2. The number of hydrogen-bond acceptors (Lipinski definition) is 4. The first-order valence-electron chi connectivity index (χ1n) is 5.97. The van der Waals surface area contributed by atoms with Crippen LogP contribution in [0.4, 0.5) is 0 Å². The second-order valence-electron chi connectivity index (χ2n) is 4.65. The molecule has 0 saturated heterocycles. The van der Waals surface area contributed by atoms with Crippen molar-refractivity contribution in [2.75, 3.05) is 34.7 Å². The van der Waals surface area contributed by atoms with Crippen LogP contribution < -0.4 is 5.32 Å². The third kappa shape index (κ3) is 3.78. The van der Waals surface area contributed by atoms with Gasteiger partial charge in [0.2, 0.25) is 11.8 Å². The maximum atomic E-state index is 12.3. The Morgan fingerprint density at radius 3 is 2.47 bits per heavy atom. The average molecular weight is 267 g/mol. The van der Waals surface area contributed by atoms with E-state index in [4.69, 9.17) is 0 Å². The third-order valence-corrected chi connectivity index (χ3v) is 2.84. The first-order valence-corrected chi connectivity index (χ1v) is 5.97. The van der Waals surface area contributed by atoms with Crippen molar-refractivity contribution in [1.29, 1.82) is 0 Å². The fourth-order valence-corrected chi connectivity index (χ4v) is 1.66. The van der Waals surface area contributed by atoms with Gasteiger partial charge in [0.25, 0.3) is 0 Å². The Hall–Kier alpha value is -1.89. The summed E-state index contributed by atoms with van der Waals surface area (Å²) >= 11 is 0. The molecule has 1 atom stereocenters. The van der Waals surface area contributed by atoms with Crippen molar-refractivity contribution in [1.82, 2.24) is 24.9 Å². The molecule has 0 bridgehead atoms. The van der Waals surface area contributed by atoms with Gasteiger partial charge in [-0.15, -0.1) is 0 Å². The molecule has 0 aliphatic heterocycles. The van der Waals surface area contributed by atoms with Crippen molar-refractivity contribution in [3.05, 3.63) is 18.0 Å². The number of likely N-dealkylation sites (N-methyl/N-ethyl adjacent to an activating group) is 3. The Kier molecular flexibility index (Phi) is 5.05. The van der Waals surface area contributed by atoms with Crippen LogP contribution in [-0.2, 0) is 16.6 Å². The Balaban J connectivity index is 2.76. The van der Waals surface area contributed by atoms with E-state index in [1.54, 1.807) is 52.3 Å². The van der Waals surface area contributed by atoms with Crippen LogP contribution in [0.25, 0.3) is 0 Å². The van der Waals surface area contributed by atoms with Crippen LogP contribution >= 0.6 is 0 Å². The molecule has 2 amide bonds. The zero-order valence-corrected chi connectivity index (χ0v) is 12.0. The van der Waals surface area contributed by atoms with Gasteiger partial charge in [-0.05, 0) is 7.05 Å². The topological polar surface area (TPSA) is 70.5 Å². The van der Waals surface area contributed by atoms with Gasteiger partial charge < -0.3 is 15.1 Å². The van der Waals surface area contributed by atoms with Crippen molar-refractivity contribution in [3.63, 3.8) is 0 Å². The molecule has 1 aromatic heterocycles. The van der Waals surface area contributed by atoms with E-state index < -0.39 is 6.04 Å². The predicted molar refractivity (Wildman–Crippen MR) is 71.3 cm³/mol. The number of hydrogen-bond donors (Lipinski definition) is 1. The summed E-state index contributed by atoms with van der Waals surface area (Å²) in [6, 6.07) is -0.492. The zero-order chi connectivity index (χ0) is 14.6. The highest BCUT2D eigenvalue weighted by Gasteiger charge is 2.24. The Morgan fingerprint density at radius 1 is 1.42 bits per heavy atom. The van der Waals surface area contributed by atoms with Gasteiger partial charge >= 0.3 is 0 Å². The molecule has 7 heteroatoms. The molecule has 19 heavy (non-hydrogen) atoms. The van der Waals surface area contributed by atoms with Gasteiger partial charge in [0, 0.05) is 40.0 Å². The van der Waals surface area contributed by atoms with Crippen LogP contribution in [-0.4, -0.2) is 66.1 Å². The fraction of sp³-hybridized carbons (Fsp3) is 0.583. The molecular formula is C12H21N5O2. The standard InChI is InChI=1S/C12H21N5O2/c1-13-11(9-6-14-17(5)7-9)12(19)16(4)8-10(18)15(2)3/h6-7,11,13H,8H2,1-5H3. The highest BCUT2D eigenvalue weighted by Crippen LogP contribution is 2.13. The minimum Gasteiger partial charge on any atom is -0.347 e. The van der Waals surface area contributed by atoms with Crippen LogP contribution in [0, 0.1) is 0 Å². The molecular weight excluding hydrogens is 246 g/mol. The number of nitrogens with zero attached hydrogens (tertiary/aromatic N) is 4. The van der Waals surface area contributed by atoms with E-state index in [0.717, 1.165) is 5.56 Å². The van der Waals surface area contributed by atoms with Crippen LogP contribution in [0.2, 0.25) is 0 Å². The summed E-state index contributed by atoms with van der Waals surface area (Å²) < 4.78 is 1.64. The number of nitrogens with one attached hydrogen (secondary N) is 1. The normalized spacial score (nSPS) is 12.1. The smallest absolute Gasteiger partial charge is 0.244 e. The molecule has 0 aliphatic rings. The summed E-state index contributed by atoms with van der Waals surface area (Å²) in [5, 5.41) is 6.99. The van der Waals surface area contributed by atoms with Crippen LogP contribution in [0.15, 0.2) is 12.4 Å². The number of carbonyl (C=O) groups is 2. The zero-order valence-electron chi connectivity index (χ0n) is 12.0. The summed E-state index contributed by atoms with van der Waals surface area (Å²) in [5.74, 6) is -0.275. The lowest BCUT2D eigenvalue weighted by Gasteiger charge is -2.23. The fourth-order valence-electron chi connectivity index (χ4n) is 1.66. The summed E-state index contributed by atoms with van der Waals surface area (Å²) in [6.45, 7) is 0.0598. The number of aryl methyl sites for hydroxylation is 1. The monoisotopic (exact) mass is 267 g/mol. The summed E-state index contributed by atoms with van der Waals surface area (Å²) in [5.41, 5.74) is 0.777. The van der Waals surface area contributed by atoms with E-state index >= 15 is 0 Å². The Morgan fingerprint density at radius 2 is 2.05 bits per heavy atom. The maximum absolute atomic E-state index is 12.3. The van der Waals surface area contributed by atoms with E-state index in [0.29, 0.717) is 0 Å². The molecule has 0 aromatic carbocycles. The van der Waals surface area contributed by atoms with E-state index in [-0.39, 0.29) is 18.4 Å². The van der Waals surface area contributed by atoms with Gasteiger partial charge in [0.05, 0.1) is 12.7 Å². The van der Waals surface area contributed by atoms with Crippen molar-refractivity contribution in [2.24, 2.45) is 7.05 Å². The molecule has 1 unspecified atom stereocenters. The lowest BCUT2D eigenvalue weighted by atomic mass is 10.1. The van der Waals surface area contributed by atoms with Crippen molar-refractivity contribution < 1.29 is 9.59 Å². The van der Waals surface area contributed by atoms with Crippen LogP contribution in [0.5, 0.6) is 0 Å². The SMILES string of the molecule is CNC(C(=O)N(C)CC(=O)N(C)C)c1cnn(C)c1. The first-order chi connectivity index (χ1) is 8.86. The van der Waals surface area contributed by atoms with Gasteiger partial charge in [-0.25, -0.2) is 0 Å². The number of rotatable bonds is 5. The molecule has 1 aromatic rings. The molecule has 0 radical (unpaired) electrons. The van der Waals surface area contributed by atoms with Gasteiger partial charge in [-0.3, -0.25) is 14.3 Å². The molecule has 1 N–H and O–H groups in total. The number of aromatic nitrogens is 2. The second-order valence-corrected chi connectivity index (χ2v) is 4.65. The predicted octanol–water partition coefficient (Wildman–Crippen LogP) is -0.773. The minimum atomic E-state index is -0.492. The summed E-state index contributed by atoms with van der Waals surface area (Å²) in [6.07, 6.45) is 3.42. The van der Waals surface area contributed by atoms with E-state index in [1.165, 1.54) is 9.80 Å². The molecule has 106 valence electrons. The molecule has 0 fully saturated rings. The summed E-state index contributed by atoms with van der Waals surface area (Å²) in [4.78, 5) is 26.8. The quantitative estimate of drug-likeness (QED) is 0.760. The van der Waals surface area contributed by atoms with Crippen molar-refractivity contribution in [2.45, 2.75) is 6.04 Å². The minimum absolute atomic E-state index is 0.0598. The second kappa shape index (κ2) is 6.33. The highest BCUT2D eigenvalue weighted by molar-refractivity contribution is 5.87. The van der Waals surface area contributed by atoms with Crippen molar-refractivity contribution >= 4 is 11.8 Å². The van der Waals surface area contributed by atoms with Gasteiger partial charge in [0.15, 0.2) is 0 Å². The van der Waals surface area contributed by atoms with E-state index in [1.807, 2.05) is 0 Å². The molecule has 0 spiro atoms. The van der Waals surface area contributed by atoms with Gasteiger partial charge in [-0.1, -0.05) is 0 Å². The largest absolute Gasteiger partial charge is 0.347 e. The van der Waals surface area contributed by atoms with Gasteiger partial charge in [0.1, 0.15) is 6.04 Å². The Labute approximate surface area is 113 Å². The lowest BCUT2D eigenvalue weighted by Crippen LogP contribution is -2.42. The van der Waals surface area contributed by atoms with Crippen LogP contribution in [0.1, 0.15) is 11.6 Å². The van der Waals surface area contributed by atoms with Crippen LogP contribution in [0.3, 0.4) is 0 Å². The lowest BCUT2D eigenvalue weighted by molar-refractivity contribution is -0.139. The van der Waals surface area contributed by atoms with Gasteiger partial charge in [-0.2, -0.15) is 5.10 Å². The molecule has 1 heterocycles. The van der Waals surface area contributed by atoms with E-state index in [2.05, 4.69) is 10.4 Å². The molecule has 0 aliphatic carbocycles. The number of carbonyl (C=O) groups excluding carboxylic acids is 2.